The van der Waals surface area contributed by atoms with Crippen LogP contribution in [0.25, 0.3) is 0 Å². The molecule has 0 aromatic carbocycles. The van der Waals surface area contributed by atoms with Crippen molar-refractivity contribution >= 4 is 23.4 Å². The lowest BCUT2D eigenvalue weighted by Crippen LogP contribution is -2.43. The van der Waals surface area contributed by atoms with Crippen LogP contribution >= 0.6 is 0 Å². The number of carbonyl (C=O) groups is 2. The van der Waals surface area contributed by atoms with Gasteiger partial charge in [-0.1, -0.05) is 46.5 Å². The Kier molecular flexibility index (Phi) is 10.7. The van der Waals surface area contributed by atoms with Crippen LogP contribution in [-0.4, -0.2) is 34.6 Å². The number of H-pyrrole nitrogens is 1. The highest BCUT2D eigenvalue weighted by Gasteiger charge is 2.29. The van der Waals surface area contributed by atoms with E-state index in [1.807, 2.05) is 13.8 Å². The van der Waals surface area contributed by atoms with Gasteiger partial charge >= 0.3 is 11.7 Å². The second-order valence-corrected chi connectivity index (χ2v) is 9.01. The molecule has 9 heteroatoms. The highest BCUT2D eigenvalue weighted by molar-refractivity contribution is 5.97. The van der Waals surface area contributed by atoms with Crippen molar-refractivity contribution < 1.29 is 14.3 Å². The Labute approximate surface area is 195 Å². The summed E-state index contributed by atoms with van der Waals surface area (Å²) >= 11 is 0. The number of rotatable bonds is 12. The Balaban J connectivity index is 2.09. The highest BCUT2D eigenvalue weighted by atomic mass is 16.5. The van der Waals surface area contributed by atoms with Crippen molar-refractivity contribution in [3.8, 4) is 0 Å². The van der Waals surface area contributed by atoms with Crippen LogP contribution in [0.1, 0.15) is 85.0 Å². The number of nitrogens with two attached hydrogens (primary N) is 1. The fourth-order valence-corrected chi connectivity index (χ4v) is 4.47. The Morgan fingerprint density at radius 1 is 1.06 bits per heavy atom. The molecule has 1 saturated carbocycles. The van der Waals surface area contributed by atoms with E-state index in [1.165, 1.54) is 28.7 Å². The van der Waals surface area contributed by atoms with Crippen LogP contribution in [0.2, 0.25) is 0 Å². The Bertz CT molecular complexity index is 899. The number of amides is 1. The van der Waals surface area contributed by atoms with Gasteiger partial charge in [0.1, 0.15) is 5.82 Å². The standard InChI is InChI=1S/C24H40N4O5/c1-4-7-9-17-10-12-18(13-11-17)23(31)33-16-19(29)27(15-8-5-2)20-21(25)28(14-6-3)24(32)26-22(20)30/h17-18H,4-16,25H2,1-3H3,(H,26,30,32). The predicted molar refractivity (Wildman–Crippen MR) is 129 cm³/mol. The van der Waals surface area contributed by atoms with Gasteiger partial charge in [0.05, 0.1) is 5.92 Å². The first-order chi connectivity index (χ1) is 15.8. The lowest BCUT2D eigenvalue weighted by molar-refractivity contribution is -0.153. The van der Waals surface area contributed by atoms with Crippen molar-refractivity contribution in [2.24, 2.45) is 11.8 Å². The number of nitrogens with one attached hydrogen (secondary N) is 1. The van der Waals surface area contributed by atoms with Gasteiger partial charge in [0.25, 0.3) is 11.5 Å². The van der Waals surface area contributed by atoms with Gasteiger partial charge in [-0.3, -0.25) is 23.9 Å². The minimum absolute atomic E-state index is 0.0493. The molecule has 186 valence electrons. The van der Waals surface area contributed by atoms with E-state index in [1.54, 1.807) is 0 Å². The van der Waals surface area contributed by atoms with Crippen molar-refractivity contribution in [3.63, 3.8) is 0 Å². The lowest BCUT2D eigenvalue weighted by atomic mass is 9.80. The van der Waals surface area contributed by atoms with Crippen LogP contribution in [0.3, 0.4) is 0 Å². The van der Waals surface area contributed by atoms with E-state index in [9.17, 15) is 19.2 Å². The summed E-state index contributed by atoms with van der Waals surface area (Å²) in [6, 6.07) is 0. The molecule has 1 aliphatic rings. The van der Waals surface area contributed by atoms with Gasteiger partial charge in [-0.25, -0.2) is 4.79 Å². The van der Waals surface area contributed by atoms with Crippen LogP contribution in [-0.2, 0) is 20.9 Å². The largest absolute Gasteiger partial charge is 0.455 e. The van der Waals surface area contributed by atoms with E-state index in [4.69, 9.17) is 10.5 Å². The topological polar surface area (TPSA) is 127 Å². The predicted octanol–water partition coefficient (Wildman–Crippen LogP) is 3.20. The van der Waals surface area contributed by atoms with E-state index < -0.39 is 23.8 Å². The molecule has 1 fully saturated rings. The summed E-state index contributed by atoms with van der Waals surface area (Å²) in [5.74, 6) is -0.432. The van der Waals surface area contributed by atoms with Gasteiger partial charge in [0, 0.05) is 13.1 Å². The molecule has 1 aromatic rings. The van der Waals surface area contributed by atoms with E-state index in [-0.39, 0.29) is 29.9 Å². The van der Waals surface area contributed by atoms with Gasteiger partial charge in [-0.2, -0.15) is 0 Å². The number of aromatic amines is 1. The van der Waals surface area contributed by atoms with E-state index in [0.29, 0.717) is 25.3 Å². The molecule has 1 aliphatic carbocycles. The zero-order chi connectivity index (χ0) is 24.4. The molecule has 0 spiro atoms. The van der Waals surface area contributed by atoms with Gasteiger partial charge in [-0.05, 0) is 44.4 Å². The zero-order valence-corrected chi connectivity index (χ0v) is 20.4. The maximum Gasteiger partial charge on any atom is 0.330 e. The van der Waals surface area contributed by atoms with Gasteiger partial charge in [-0.15, -0.1) is 0 Å². The average Bonchev–Trinajstić information content (AvgIpc) is 2.80. The first kappa shape index (κ1) is 26.7. The van der Waals surface area contributed by atoms with Crippen molar-refractivity contribution in [1.82, 2.24) is 9.55 Å². The third-order valence-corrected chi connectivity index (χ3v) is 6.45. The number of anilines is 2. The minimum atomic E-state index is -0.717. The number of aromatic nitrogens is 2. The van der Waals surface area contributed by atoms with Crippen LogP contribution in [0.5, 0.6) is 0 Å². The Morgan fingerprint density at radius 2 is 1.73 bits per heavy atom. The summed E-state index contributed by atoms with van der Waals surface area (Å²) in [6.45, 7) is 6.14. The second-order valence-electron chi connectivity index (χ2n) is 9.01. The zero-order valence-electron chi connectivity index (χ0n) is 20.4. The Hall–Kier alpha value is -2.58. The van der Waals surface area contributed by atoms with E-state index >= 15 is 0 Å². The summed E-state index contributed by atoms with van der Waals surface area (Å²) < 4.78 is 6.63. The van der Waals surface area contributed by atoms with Crippen LogP contribution < -0.4 is 21.9 Å². The van der Waals surface area contributed by atoms with Gasteiger partial charge in [0.15, 0.2) is 12.3 Å². The van der Waals surface area contributed by atoms with Crippen molar-refractivity contribution in [3.05, 3.63) is 20.8 Å². The molecule has 1 aromatic heterocycles. The number of nitrogen functional groups attached to an aromatic ring is 1. The fourth-order valence-electron chi connectivity index (χ4n) is 4.47. The molecule has 0 radical (unpaired) electrons. The summed E-state index contributed by atoms with van der Waals surface area (Å²) in [7, 11) is 0. The van der Waals surface area contributed by atoms with Gasteiger partial charge < -0.3 is 15.4 Å². The average molecular weight is 465 g/mol. The molecule has 33 heavy (non-hydrogen) atoms. The Morgan fingerprint density at radius 3 is 2.33 bits per heavy atom. The molecule has 0 saturated heterocycles. The summed E-state index contributed by atoms with van der Waals surface area (Å²) in [6.07, 6.45) is 9.27. The first-order valence-corrected chi connectivity index (χ1v) is 12.4. The molecular weight excluding hydrogens is 424 g/mol. The number of hydrogen-bond acceptors (Lipinski definition) is 6. The maximum atomic E-state index is 13.0. The molecule has 0 unspecified atom stereocenters. The summed E-state index contributed by atoms with van der Waals surface area (Å²) in [4.78, 5) is 53.8. The highest BCUT2D eigenvalue weighted by Crippen LogP contribution is 2.32. The molecule has 0 atom stereocenters. The van der Waals surface area contributed by atoms with E-state index in [0.717, 1.165) is 32.1 Å². The fraction of sp³-hybridized carbons (Fsp3) is 0.750. The third-order valence-electron chi connectivity index (χ3n) is 6.45. The number of esters is 1. The number of nitrogens with zero attached hydrogens (tertiary/aromatic N) is 2. The second kappa shape index (κ2) is 13.2. The summed E-state index contributed by atoms with van der Waals surface area (Å²) in [5.41, 5.74) is 4.76. The molecule has 1 heterocycles. The summed E-state index contributed by atoms with van der Waals surface area (Å²) in [5, 5.41) is 0. The van der Waals surface area contributed by atoms with Crippen molar-refractivity contribution in [2.45, 2.75) is 91.5 Å². The minimum Gasteiger partial charge on any atom is -0.455 e. The molecule has 2 rings (SSSR count). The lowest BCUT2D eigenvalue weighted by Gasteiger charge is -2.28. The van der Waals surface area contributed by atoms with Crippen LogP contribution in [0, 0.1) is 11.8 Å². The quantitative estimate of drug-likeness (QED) is 0.457. The monoisotopic (exact) mass is 464 g/mol. The molecule has 9 nitrogen and oxygen atoms in total. The molecule has 3 N–H and O–H groups in total. The SMILES string of the molecule is CCCCC1CCC(C(=O)OCC(=O)N(CCCC)c2c(N)n(CCC)c(=O)[nH]c2=O)CC1. The molecule has 1 amide bonds. The normalized spacial score (nSPS) is 18.2. The smallest absolute Gasteiger partial charge is 0.330 e. The van der Waals surface area contributed by atoms with E-state index in [2.05, 4.69) is 11.9 Å². The number of carbonyl (C=O) groups excluding carboxylic acids is 2. The third kappa shape index (κ3) is 7.20. The molecular formula is C24H40N4O5. The van der Waals surface area contributed by atoms with Crippen molar-refractivity contribution in [2.75, 3.05) is 23.8 Å². The van der Waals surface area contributed by atoms with Crippen LogP contribution in [0.4, 0.5) is 11.5 Å². The van der Waals surface area contributed by atoms with Gasteiger partial charge in [0.2, 0.25) is 0 Å². The number of ether oxygens (including phenoxy) is 1. The number of hydrogen-bond donors (Lipinski definition) is 2. The molecule has 0 bridgehead atoms. The van der Waals surface area contributed by atoms with Crippen molar-refractivity contribution in [1.29, 1.82) is 0 Å². The number of unbranched alkanes of at least 4 members (excludes halogenated alkanes) is 2. The molecule has 0 aliphatic heterocycles. The van der Waals surface area contributed by atoms with Crippen LogP contribution in [0.15, 0.2) is 9.59 Å². The first-order valence-electron chi connectivity index (χ1n) is 12.4. The maximum absolute atomic E-state index is 13.0.